The van der Waals surface area contributed by atoms with Crippen molar-refractivity contribution in [3.8, 4) is 22.6 Å². The van der Waals surface area contributed by atoms with Gasteiger partial charge in [-0.3, -0.25) is 0 Å². The smallest absolute Gasteiger partial charge is 0.127 e. The van der Waals surface area contributed by atoms with Crippen LogP contribution < -0.4 is 25.4 Å². The van der Waals surface area contributed by atoms with Crippen molar-refractivity contribution >= 4 is 23.8 Å². The molecule has 0 heterocycles. The van der Waals surface area contributed by atoms with Crippen LogP contribution in [0.3, 0.4) is 0 Å². The van der Waals surface area contributed by atoms with Gasteiger partial charge in [0.25, 0.3) is 0 Å². The molecule has 0 amide bonds. The fraction of sp³-hybridized carbons (Fsp3) is 0.0769. The van der Waals surface area contributed by atoms with Crippen molar-refractivity contribution in [1.29, 1.82) is 0 Å². The van der Waals surface area contributed by atoms with Gasteiger partial charge < -0.3 is 9.47 Å². The van der Waals surface area contributed by atoms with Crippen LogP contribution in [0.4, 0.5) is 0 Å². The first kappa shape index (κ1) is 19.2. The summed E-state index contributed by atoms with van der Waals surface area (Å²) >= 11 is 0. The third kappa shape index (κ3) is 3.90. The van der Waals surface area contributed by atoms with E-state index in [1.807, 2.05) is 24.3 Å². The molecule has 2 nitrogen and oxygen atoms in total. The Morgan fingerprint density at radius 3 is 1.62 bits per heavy atom. The number of hydrogen-bond acceptors (Lipinski definition) is 2. The Labute approximate surface area is 173 Å². The summed E-state index contributed by atoms with van der Waals surface area (Å²) in [5.41, 5.74) is 2.13. The molecule has 0 aliphatic carbocycles. The van der Waals surface area contributed by atoms with E-state index in [1.165, 1.54) is 15.9 Å². The zero-order valence-corrected chi connectivity index (χ0v) is 17.5. The van der Waals surface area contributed by atoms with E-state index in [0.29, 0.717) is 0 Å². The predicted octanol–water partition coefficient (Wildman–Crippen LogP) is 5.13. The summed E-state index contributed by atoms with van der Waals surface area (Å²) in [6.45, 7) is 0. The van der Waals surface area contributed by atoms with Crippen LogP contribution in [-0.4, -0.2) is 14.2 Å². The summed E-state index contributed by atoms with van der Waals surface area (Å²) in [5, 5.41) is 3.86. The van der Waals surface area contributed by atoms with Crippen LogP contribution in [0.15, 0.2) is 103 Å². The van der Waals surface area contributed by atoms with E-state index in [-0.39, 0.29) is 0 Å². The van der Waals surface area contributed by atoms with Gasteiger partial charge in [0, 0.05) is 11.1 Å². The van der Waals surface area contributed by atoms with Crippen molar-refractivity contribution in [3.63, 3.8) is 0 Å². The van der Waals surface area contributed by atoms with Gasteiger partial charge in [-0.2, -0.15) is 0 Å². The summed E-state index contributed by atoms with van der Waals surface area (Å²) in [5.74, 6) is 1.70. The Bertz CT molecular complexity index is 1040. The van der Waals surface area contributed by atoms with Crippen LogP contribution in [0, 0.1) is 0 Å². The highest BCUT2D eigenvalue weighted by Gasteiger charge is 2.24. The molecule has 0 N–H and O–H groups in total. The zero-order chi connectivity index (χ0) is 20.1. The van der Waals surface area contributed by atoms with Crippen molar-refractivity contribution in [2.75, 3.05) is 14.2 Å². The molecule has 0 saturated carbocycles. The summed E-state index contributed by atoms with van der Waals surface area (Å²) in [6.07, 6.45) is 0. The Kier molecular flexibility index (Phi) is 5.93. The molecule has 0 atom stereocenters. The third-order valence-electron chi connectivity index (χ3n) is 4.87. The molecular formula is C26H23O2P. The van der Waals surface area contributed by atoms with E-state index < -0.39 is 7.92 Å². The Morgan fingerprint density at radius 2 is 1.03 bits per heavy atom. The van der Waals surface area contributed by atoms with Crippen LogP contribution in [0.25, 0.3) is 11.1 Å². The van der Waals surface area contributed by atoms with Gasteiger partial charge >= 0.3 is 0 Å². The highest BCUT2D eigenvalue weighted by atomic mass is 31.1. The topological polar surface area (TPSA) is 18.5 Å². The van der Waals surface area contributed by atoms with Crippen molar-refractivity contribution in [1.82, 2.24) is 0 Å². The molecule has 0 spiro atoms. The minimum Gasteiger partial charge on any atom is -0.496 e. The minimum absolute atomic E-state index is 0.765. The molecule has 0 fully saturated rings. The van der Waals surface area contributed by atoms with E-state index in [9.17, 15) is 0 Å². The fourth-order valence-electron chi connectivity index (χ4n) is 3.58. The molecule has 0 unspecified atom stereocenters. The second-order valence-electron chi connectivity index (χ2n) is 6.56. The first-order chi connectivity index (χ1) is 14.3. The summed E-state index contributed by atoms with van der Waals surface area (Å²) in [6, 6.07) is 35.9. The van der Waals surface area contributed by atoms with Gasteiger partial charge in [-0.05, 0) is 36.0 Å². The summed E-state index contributed by atoms with van der Waals surface area (Å²) < 4.78 is 11.5. The van der Waals surface area contributed by atoms with Gasteiger partial charge in [-0.15, -0.1) is 0 Å². The van der Waals surface area contributed by atoms with Gasteiger partial charge in [0.15, 0.2) is 0 Å². The standard InChI is InChI=1S/C26H23O2P/c1-27-23-17-10-9-16-22(23)26-24(28-2)18-11-19-25(26)29(20-12-5-3-6-13-20)21-14-7-4-8-15-21/h3-19H,1-2H3. The average molecular weight is 398 g/mol. The molecule has 0 radical (unpaired) electrons. The number of para-hydroxylation sites is 1. The van der Waals surface area contributed by atoms with E-state index >= 15 is 0 Å². The summed E-state index contributed by atoms with van der Waals surface area (Å²) in [7, 11) is 2.68. The first-order valence-corrected chi connectivity index (χ1v) is 10.9. The van der Waals surface area contributed by atoms with Gasteiger partial charge in [-0.25, -0.2) is 0 Å². The zero-order valence-electron chi connectivity index (χ0n) is 16.6. The maximum absolute atomic E-state index is 5.82. The fourth-order valence-corrected chi connectivity index (χ4v) is 6.06. The predicted molar refractivity (Wildman–Crippen MR) is 124 cm³/mol. The Balaban J connectivity index is 2.02. The lowest BCUT2D eigenvalue weighted by Gasteiger charge is -2.24. The summed E-state index contributed by atoms with van der Waals surface area (Å²) in [4.78, 5) is 0. The molecule has 4 rings (SSSR count). The first-order valence-electron chi connectivity index (χ1n) is 9.54. The highest BCUT2D eigenvalue weighted by Crippen LogP contribution is 2.43. The van der Waals surface area contributed by atoms with Gasteiger partial charge in [0.2, 0.25) is 0 Å². The molecule has 4 aromatic carbocycles. The average Bonchev–Trinajstić information content (AvgIpc) is 2.80. The van der Waals surface area contributed by atoms with Crippen LogP contribution in [0.1, 0.15) is 0 Å². The van der Waals surface area contributed by atoms with Gasteiger partial charge in [-0.1, -0.05) is 91.0 Å². The number of rotatable bonds is 6. The molecule has 0 saturated heterocycles. The molecule has 3 heteroatoms. The van der Waals surface area contributed by atoms with Crippen molar-refractivity contribution in [2.45, 2.75) is 0 Å². The SMILES string of the molecule is COc1ccccc1-c1c(OC)cccc1P(c1ccccc1)c1ccccc1. The van der Waals surface area contributed by atoms with Gasteiger partial charge in [0.05, 0.1) is 14.2 Å². The second kappa shape index (κ2) is 8.94. The van der Waals surface area contributed by atoms with Gasteiger partial charge in [0.1, 0.15) is 11.5 Å². The monoisotopic (exact) mass is 398 g/mol. The Hall–Kier alpha value is -3.09. The van der Waals surface area contributed by atoms with E-state index in [0.717, 1.165) is 22.6 Å². The van der Waals surface area contributed by atoms with E-state index in [1.54, 1.807) is 14.2 Å². The van der Waals surface area contributed by atoms with E-state index in [4.69, 9.17) is 9.47 Å². The van der Waals surface area contributed by atoms with Crippen molar-refractivity contribution in [2.24, 2.45) is 0 Å². The van der Waals surface area contributed by atoms with Crippen molar-refractivity contribution < 1.29 is 9.47 Å². The van der Waals surface area contributed by atoms with Crippen molar-refractivity contribution in [3.05, 3.63) is 103 Å². The van der Waals surface area contributed by atoms with Crippen LogP contribution in [0.2, 0.25) is 0 Å². The maximum Gasteiger partial charge on any atom is 0.127 e. The maximum atomic E-state index is 5.82. The third-order valence-corrected chi connectivity index (χ3v) is 7.35. The molecule has 0 bridgehead atoms. The molecule has 0 aliphatic rings. The minimum atomic E-state index is -0.765. The quantitative estimate of drug-likeness (QED) is 0.419. The molecule has 29 heavy (non-hydrogen) atoms. The van der Waals surface area contributed by atoms with Crippen LogP contribution in [-0.2, 0) is 0 Å². The number of ether oxygens (including phenoxy) is 2. The molecule has 144 valence electrons. The molecule has 0 aromatic heterocycles. The molecule has 0 aliphatic heterocycles. The van der Waals surface area contributed by atoms with Crippen LogP contribution in [0.5, 0.6) is 11.5 Å². The van der Waals surface area contributed by atoms with Crippen LogP contribution >= 0.6 is 7.92 Å². The lowest BCUT2D eigenvalue weighted by atomic mass is 10.0. The number of hydrogen-bond donors (Lipinski definition) is 0. The number of benzene rings is 4. The molecular weight excluding hydrogens is 375 g/mol. The molecule has 4 aromatic rings. The second-order valence-corrected chi connectivity index (χ2v) is 8.75. The Morgan fingerprint density at radius 1 is 0.517 bits per heavy atom. The highest BCUT2D eigenvalue weighted by molar-refractivity contribution is 7.80. The largest absolute Gasteiger partial charge is 0.496 e. The normalized spacial score (nSPS) is 10.7. The lowest BCUT2D eigenvalue weighted by Crippen LogP contribution is -2.22. The number of methoxy groups -OCH3 is 2. The van der Waals surface area contributed by atoms with E-state index in [2.05, 4.69) is 78.9 Å². The lowest BCUT2D eigenvalue weighted by molar-refractivity contribution is 0.410.